The van der Waals surface area contributed by atoms with Crippen LogP contribution in [0.5, 0.6) is 11.5 Å². The fourth-order valence-electron chi connectivity index (χ4n) is 2.24. The van der Waals surface area contributed by atoms with E-state index in [1.54, 1.807) is 21.1 Å². The summed E-state index contributed by atoms with van der Waals surface area (Å²) in [6.45, 7) is 2.92. The molecule has 1 N–H and O–H groups in total. The molecule has 0 atom stereocenters. The molecule has 0 saturated carbocycles. The van der Waals surface area contributed by atoms with Crippen LogP contribution in [0.2, 0.25) is 0 Å². The zero-order valence-corrected chi connectivity index (χ0v) is 12.0. The number of hydrogen-bond acceptors (Lipinski definition) is 5. The molecule has 5 nitrogen and oxygen atoms in total. The van der Waals surface area contributed by atoms with Crippen molar-refractivity contribution in [3.8, 4) is 11.5 Å². The summed E-state index contributed by atoms with van der Waals surface area (Å²) in [5.74, 6) is 0.992. The molecule has 108 valence electrons. The van der Waals surface area contributed by atoms with Crippen LogP contribution in [0.15, 0.2) is 18.2 Å². The van der Waals surface area contributed by atoms with Crippen LogP contribution < -0.4 is 14.8 Å². The van der Waals surface area contributed by atoms with E-state index < -0.39 is 0 Å². The van der Waals surface area contributed by atoms with Gasteiger partial charge in [-0.1, -0.05) is 0 Å². The van der Waals surface area contributed by atoms with Crippen LogP contribution in [-0.4, -0.2) is 33.3 Å². The van der Waals surface area contributed by atoms with Gasteiger partial charge in [0.1, 0.15) is 0 Å². The van der Waals surface area contributed by atoms with Gasteiger partial charge in [-0.15, -0.1) is 0 Å². The molecule has 0 unspecified atom stereocenters. The van der Waals surface area contributed by atoms with Crippen molar-refractivity contribution in [2.24, 2.45) is 0 Å². The Morgan fingerprint density at radius 2 is 2.00 bits per heavy atom. The molecule has 1 aromatic rings. The van der Waals surface area contributed by atoms with E-state index in [9.17, 15) is 4.79 Å². The van der Waals surface area contributed by atoms with Crippen LogP contribution in [-0.2, 0) is 16.0 Å². The van der Waals surface area contributed by atoms with E-state index in [4.69, 9.17) is 14.2 Å². The van der Waals surface area contributed by atoms with E-state index in [1.807, 2.05) is 12.1 Å². The number of hydrogen-bond donors (Lipinski definition) is 1. The van der Waals surface area contributed by atoms with E-state index in [2.05, 4.69) is 5.32 Å². The zero-order valence-electron chi connectivity index (χ0n) is 12.0. The molecule has 1 aliphatic heterocycles. The first-order chi connectivity index (χ1) is 9.69. The number of benzene rings is 1. The quantitative estimate of drug-likeness (QED) is 0.671. The molecule has 1 heterocycles. The predicted molar refractivity (Wildman–Crippen MR) is 75.9 cm³/mol. The second-order valence-electron chi connectivity index (χ2n) is 4.35. The lowest BCUT2D eigenvalue weighted by Crippen LogP contribution is -2.24. The molecular weight excluding hydrogens is 258 g/mol. The Morgan fingerprint density at radius 1 is 1.30 bits per heavy atom. The number of fused-ring (bicyclic) bond motifs is 1. The fourth-order valence-corrected chi connectivity index (χ4v) is 2.24. The van der Waals surface area contributed by atoms with Crippen molar-refractivity contribution in [2.75, 3.05) is 27.4 Å². The van der Waals surface area contributed by atoms with Gasteiger partial charge in [0.15, 0.2) is 11.5 Å². The van der Waals surface area contributed by atoms with E-state index >= 15 is 0 Å². The molecular formula is C15H19NO4. The fraction of sp³-hybridized carbons (Fsp3) is 0.400. The Balaban J connectivity index is 2.42. The third kappa shape index (κ3) is 2.87. The van der Waals surface area contributed by atoms with Gasteiger partial charge in [0.25, 0.3) is 0 Å². The van der Waals surface area contributed by atoms with Crippen molar-refractivity contribution in [1.29, 1.82) is 0 Å². The number of carbonyl (C=O) groups excluding carboxylic acids is 1. The standard InChI is InChI=1S/C15H19NO4/c1-4-20-15(17)9-12-11-8-14(19-3)13(18-2)7-10(11)5-6-16-12/h7-9,16H,4-6H2,1-3H3/b12-9-. The first-order valence-corrected chi connectivity index (χ1v) is 6.57. The summed E-state index contributed by atoms with van der Waals surface area (Å²) in [5.41, 5.74) is 2.82. The van der Waals surface area contributed by atoms with Gasteiger partial charge in [0.05, 0.1) is 20.8 Å². The van der Waals surface area contributed by atoms with Crippen LogP contribution in [0.25, 0.3) is 5.70 Å². The molecule has 1 aliphatic rings. The van der Waals surface area contributed by atoms with Crippen LogP contribution >= 0.6 is 0 Å². The Bertz CT molecular complexity index is 537. The van der Waals surface area contributed by atoms with Crippen LogP contribution in [0.4, 0.5) is 0 Å². The van der Waals surface area contributed by atoms with Crippen LogP contribution in [0.3, 0.4) is 0 Å². The van der Waals surface area contributed by atoms with Gasteiger partial charge in [-0.2, -0.15) is 0 Å². The SMILES string of the molecule is CCOC(=O)/C=C1\NCCc2cc(OC)c(OC)cc21. The van der Waals surface area contributed by atoms with Crippen molar-refractivity contribution in [2.45, 2.75) is 13.3 Å². The Morgan fingerprint density at radius 3 is 2.65 bits per heavy atom. The van der Waals surface area contributed by atoms with E-state index in [0.717, 1.165) is 29.8 Å². The Kier molecular flexibility index (Phi) is 4.50. The first-order valence-electron chi connectivity index (χ1n) is 6.57. The molecule has 0 amide bonds. The van der Waals surface area contributed by atoms with Gasteiger partial charge in [-0.25, -0.2) is 4.79 Å². The Labute approximate surface area is 118 Å². The van der Waals surface area contributed by atoms with Gasteiger partial charge in [-0.3, -0.25) is 0 Å². The lowest BCUT2D eigenvalue weighted by Gasteiger charge is -2.22. The summed E-state index contributed by atoms with van der Waals surface area (Å²) < 4.78 is 15.6. The number of methoxy groups -OCH3 is 2. The normalized spacial score (nSPS) is 15.2. The third-order valence-corrected chi connectivity index (χ3v) is 3.16. The molecule has 0 aliphatic carbocycles. The predicted octanol–water partition coefficient (Wildman–Crippen LogP) is 1.75. The molecule has 5 heteroatoms. The summed E-state index contributed by atoms with van der Waals surface area (Å²) in [4.78, 5) is 11.6. The van der Waals surface area contributed by atoms with E-state index in [1.165, 1.54) is 6.08 Å². The second-order valence-corrected chi connectivity index (χ2v) is 4.35. The van der Waals surface area contributed by atoms with Crippen molar-refractivity contribution < 1.29 is 19.0 Å². The summed E-state index contributed by atoms with van der Waals surface area (Å²) in [5, 5.41) is 3.22. The Hall–Kier alpha value is -2.17. The van der Waals surface area contributed by atoms with Gasteiger partial charge in [0, 0.05) is 23.9 Å². The van der Waals surface area contributed by atoms with Gasteiger partial charge in [-0.05, 0) is 31.0 Å². The largest absolute Gasteiger partial charge is 0.493 e. The maximum absolute atomic E-state index is 11.6. The molecule has 2 rings (SSSR count). The molecule has 1 aromatic carbocycles. The first kappa shape index (κ1) is 14.2. The van der Waals surface area contributed by atoms with Crippen molar-refractivity contribution in [3.05, 3.63) is 29.3 Å². The van der Waals surface area contributed by atoms with Crippen molar-refractivity contribution >= 4 is 11.7 Å². The topological polar surface area (TPSA) is 56.8 Å². The lowest BCUT2D eigenvalue weighted by atomic mass is 9.97. The van der Waals surface area contributed by atoms with Crippen molar-refractivity contribution in [1.82, 2.24) is 5.32 Å². The minimum Gasteiger partial charge on any atom is -0.493 e. The maximum Gasteiger partial charge on any atom is 0.332 e. The summed E-state index contributed by atoms with van der Waals surface area (Å²) >= 11 is 0. The van der Waals surface area contributed by atoms with Crippen LogP contribution in [0, 0.1) is 0 Å². The smallest absolute Gasteiger partial charge is 0.332 e. The highest BCUT2D eigenvalue weighted by atomic mass is 16.5. The van der Waals surface area contributed by atoms with Gasteiger partial charge < -0.3 is 19.5 Å². The summed E-state index contributed by atoms with van der Waals surface area (Å²) in [6, 6.07) is 3.83. The van der Waals surface area contributed by atoms with Crippen molar-refractivity contribution in [3.63, 3.8) is 0 Å². The van der Waals surface area contributed by atoms with Gasteiger partial charge in [0.2, 0.25) is 0 Å². The lowest BCUT2D eigenvalue weighted by molar-refractivity contribution is -0.137. The van der Waals surface area contributed by atoms with E-state index in [0.29, 0.717) is 18.1 Å². The highest BCUT2D eigenvalue weighted by Crippen LogP contribution is 2.34. The molecule has 0 fully saturated rings. The number of ether oxygens (including phenoxy) is 3. The average molecular weight is 277 g/mol. The minimum atomic E-state index is -0.349. The van der Waals surface area contributed by atoms with E-state index in [-0.39, 0.29) is 5.97 Å². The number of carbonyl (C=O) groups is 1. The third-order valence-electron chi connectivity index (χ3n) is 3.16. The van der Waals surface area contributed by atoms with Gasteiger partial charge >= 0.3 is 5.97 Å². The molecule has 20 heavy (non-hydrogen) atoms. The summed E-state index contributed by atoms with van der Waals surface area (Å²) in [7, 11) is 3.20. The minimum absolute atomic E-state index is 0.349. The number of esters is 1. The summed E-state index contributed by atoms with van der Waals surface area (Å²) in [6.07, 6.45) is 2.35. The number of nitrogens with one attached hydrogen (secondary N) is 1. The van der Waals surface area contributed by atoms with Crippen LogP contribution in [0.1, 0.15) is 18.1 Å². The molecule has 0 spiro atoms. The highest BCUT2D eigenvalue weighted by Gasteiger charge is 2.18. The highest BCUT2D eigenvalue weighted by molar-refractivity contribution is 5.92. The maximum atomic E-state index is 11.6. The number of rotatable bonds is 4. The molecule has 0 saturated heterocycles. The zero-order chi connectivity index (χ0) is 14.5. The monoisotopic (exact) mass is 277 g/mol. The second kappa shape index (κ2) is 6.32. The molecule has 0 aromatic heterocycles. The molecule has 0 radical (unpaired) electrons. The molecule has 0 bridgehead atoms. The average Bonchev–Trinajstić information content (AvgIpc) is 2.46.